The fourth-order valence-electron chi connectivity index (χ4n) is 3.49. The summed E-state index contributed by atoms with van der Waals surface area (Å²) < 4.78 is 6.21. The zero-order chi connectivity index (χ0) is 17.6. The fraction of sp³-hybridized carbons (Fsp3) is 0.455. The summed E-state index contributed by atoms with van der Waals surface area (Å²) in [6.07, 6.45) is 2.24. The van der Waals surface area contributed by atoms with Gasteiger partial charge in [-0.05, 0) is 75.2 Å². The molecule has 3 nitrogen and oxygen atoms in total. The number of aryl methyl sites for hydroxylation is 3. The van der Waals surface area contributed by atoms with Crippen molar-refractivity contribution in [1.82, 2.24) is 9.80 Å². The Balaban J connectivity index is 1.59. The fourth-order valence-corrected chi connectivity index (χ4v) is 3.49. The van der Waals surface area contributed by atoms with Crippen LogP contribution in [0.15, 0.2) is 42.5 Å². The van der Waals surface area contributed by atoms with E-state index in [9.17, 15) is 0 Å². The third-order valence-corrected chi connectivity index (χ3v) is 4.91. The van der Waals surface area contributed by atoms with Crippen LogP contribution in [0.4, 0.5) is 0 Å². The molecule has 3 heteroatoms. The van der Waals surface area contributed by atoms with Crippen LogP contribution in [0.3, 0.4) is 0 Å². The van der Waals surface area contributed by atoms with Crippen LogP contribution >= 0.6 is 0 Å². The first kappa shape index (κ1) is 18.0. The molecule has 1 fully saturated rings. The standard InChI is InChI=1S/C22H30N2O/c1-18-15-19(2)17-21(16-18)25-22-9-5-4-7-20(22)8-6-10-24-13-11-23(3)12-14-24/h4-5,7,9,15-17H,6,8,10-14H2,1-3H3. The van der Waals surface area contributed by atoms with E-state index >= 15 is 0 Å². The van der Waals surface area contributed by atoms with E-state index in [2.05, 4.69) is 73.2 Å². The van der Waals surface area contributed by atoms with E-state index in [1.807, 2.05) is 0 Å². The predicted octanol–water partition coefficient (Wildman–Crippen LogP) is 4.28. The van der Waals surface area contributed by atoms with Crippen molar-refractivity contribution in [3.63, 3.8) is 0 Å². The number of nitrogens with zero attached hydrogens (tertiary/aromatic N) is 2. The van der Waals surface area contributed by atoms with Crippen molar-refractivity contribution >= 4 is 0 Å². The highest BCUT2D eigenvalue weighted by atomic mass is 16.5. The third-order valence-electron chi connectivity index (χ3n) is 4.91. The van der Waals surface area contributed by atoms with Crippen LogP contribution in [0.1, 0.15) is 23.1 Å². The molecule has 0 aromatic heterocycles. The van der Waals surface area contributed by atoms with E-state index in [1.165, 1.54) is 55.8 Å². The van der Waals surface area contributed by atoms with Gasteiger partial charge >= 0.3 is 0 Å². The molecule has 3 rings (SSSR count). The molecule has 0 N–H and O–H groups in total. The molecule has 0 amide bonds. The Kier molecular flexibility index (Phi) is 6.11. The Morgan fingerprint density at radius 1 is 0.920 bits per heavy atom. The Morgan fingerprint density at radius 3 is 2.32 bits per heavy atom. The number of hydrogen-bond donors (Lipinski definition) is 0. The Hall–Kier alpha value is -1.84. The highest BCUT2D eigenvalue weighted by Gasteiger charge is 2.13. The quantitative estimate of drug-likeness (QED) is 0.782. The average Bonchev–Trinajstić information content (AvgIpc) is 2.57. The van der Waals surface area contributed by atoms with Crippen molar-refractivity contribution < 1.29 is 4.74 Å². The molecule has 1 aliphatic heterocycles. The normalized spacial score (nSPS) is 16.1. The maximum atomic E-state index is 6.21. The third kappa shape index (κ3) is 5.32. The Morgan fingerprint density at radius 2 is 1.60 bits per heavy atom. The summed E-state index contributed by atoms with van der Waals surface area (Å²) in [7, 11) is 2.21. The van der Waals surface area contributed by atoms with Crippen molar-refractivity contribution in [3.8, 4) is 11.5 Å². The lowest BCUT2D eigenvalue weighted by Crippen LogP contribution is -2.44. The van der Waals surface area contributed by atoms with Crippen LogP contribution < -0.4 is 4.74 Å². The van der Waals surface area contributed by atoms with Gasteiger partial charge in [-0.15, -0.1) is 0 Å². The number of rotatable bonds is 6. The van der Waals surface area contributed by atoms with Crippen LogP contribution in [0.5, 0.6) is 11.5 Å². The number of likely N-dealkylation sites (N-methyl/N-ethyl adjacent to an activating group) is 1. The lowest BCUT2D eigenvalue weighted by atomic mass is 10.1. The molecule has 2 aromatic rings. The molecular weight excluding hydrogens is 308 g/mol. The minimum Gasteiger partial charge on any atom is -0.457 e. The van der Waals surface area contributed by atoms with Gasteiger partial charge in [-0.25, -0.2) is 0 Å². The lowest BCUT2D eigenvalue weighted by Gasteiger charge is -2.32. The molecule has 1 heterocycles. The minimum atomic E-state index is 0.934. The summed E-state index contributed by atoms with van der Waals surface area (Å²) >= 11 is 0. The topological polar surface area (TPSA) is 15.7 Å². The van der Waals surface area contributed by atoms with Gasteiger partial charge in [0.1, 0.15) is 11.5 Å². The van der Waals surface area contributed by atoms with E-state index in [0.29, 0.717) is 0 Å². The van der Waals surface area contributed by atoms with Crippen molar-refractivity contribution in [3.05, 3.63) is 59.2 Å². The summed E-state index contributed by atoms with van der Waals surface area (Å²) in [5, 5.41) is 0. The van der Waals surface area contributed by atoms with Gasteiger partial charge in [-0.1, -0.05) is 24.3 Å². The van der Waals surface area contributed by atoms with Crippen LogP contribution in [-0.2, 0) is 6.42 Å². The second-order valence-electron chi connectivity index (χ2n) is 7.28. The van der Waals surface area contributed by atoms with Crippen LogP contribution in [-0.4, -0.2) is 49.6 Å². The predicted molar refractivity (Wildman–Crippen MR) is 105 cm³/mol. The molecule has 0 bridgehead atoms. The van der Waals surface area contributed by atoms with Gasteiger partial charge < -0.3 is 14.5 Å². The molecule has 25 heavy (non-hydrogen) atoms. The van der Waals surface area contributed by atoms with E-state index in [-0.39, 0.29) is 0 Å². The highest BCUT2D eigenvalue weighted by molar-refractivity contribution is 5.40. The van der Waals surface area contributed by atoms with Gasteiger partial charge in [0.2, 0.25) is 0 Å². The smallest absolute Gasteiger partial charge is 0.130 e. The molecule has 0 saturated carbocycles. The Labute approximate surface area is 152 Å². The maximum absolute atomic E-state index is 6.21. The molecule has 0 spiro atoms. The number of hydrogen-bond acceptors (Lipinski definition) is 3. The van der Waals surface area contributed by atoms with E-state index < -0.39 is 0 Å². The second kappa shape index (κ2) is 8.50. The SMILES string of the molecule is Cc1cc(C)cc(Oc2ccccc2CCCN2CCN(C)CC2)c1. The number of para-hydroxylation sites is 1. The van der Waals surface area contributed by atoms with Gasteiger partial charge in [0.15, 0.2) is 0 Å². The summed E-state index contributed by atoms with van der Waals surface area (Å²) in [6.45, 7) is 10.2. The zero-order valence-corrected chi connectivity index (χ0v) is 15.8. The molecule has 2 aromatic carbocycles. The molecule has 1 aliphatic rings. The number of piperazine rings is 1. The summed E-state index contributed by atoms with van der Waals surface area (Å²) in [4.78, 5) is 4.98. The second-order valence-corrected chi connectivity index (χ2v) is 7.28. The number of benzene rings is 2. The van der Waals surface area contributed by atoms with E-state index in [0.717, 1.165) is 17.9 Å². The molecule has 0 unspecified atom stereocenters. The van der Waals surface area contributed by atoms with Crippen molar-refractivity contribution in [2.45, 2.75) is 26.7 Å². The van der Waals surface area contributed by atoms with Crippen molar-refractivity contribution in [1.29, 1.82) is 0 Å². The molecule has 0 radical (unpaired) electrons. The van der Waals surface area contributed by atoms with Gasteiger partial charge in [0.05, 0.1) is 0 Å². The molecule has 1 saturated heterocycles. The molecule has 0 atom stereocenters. The van der Waals surface area contributed by atoms with E-state index in [1.54, 1.807) is 0 Å². The summed E-state index contributed by atoms with van der Waals surface area (Å²) in [5.74, 6) is 1.93. The monoisotopic (exact) mass is 338 g/mol. The maximum Gasteiger partial charge on any atom is 0.130 e. The van der Waals surface area contributed by atoms with Gasteiger partial charge in [-0.2, -0.15) is 0 Å². The number of ether oxygens (including phenoxy) is 1. The van der Waals surface area contributed by atoms with Gasteiger partial charge in [0.25, 0.3) is 0 Å². The van der Waals surface area contributed by atoms with Crippen LogP contribution in [0.2, 0.25) is 0 Å². The van der Waals surface area contributed by atoms with Crippen molar-refractivity contribution in [2.24, 2.45) is 0 Å². The van der Waals surface area contributed by atoms with Crippen LogP contribution in [0.25, 0.3) is 0 Å². The van der Waals surface area contributed by atoms with E-state index in [4.69, 9.17) is 4.74 Å². The first-order valence-corrected chi connectivity index (χ1v) is 9.35. The lowest BCUT2D eigenvalue weighted by molar-refractivity contribution is 0.153. The first-order chi connectivity index (χ1) is 12.1. The largest absolute Gasteiger partial charge is 0.457 e. The van der Waals surface area contributed by atoms with Gasteiger partial charge in [0, 0.05) is 26.2 Å². The highest BCUT2D eigenvalue weighted by Crippen LogP contribution is 2.27. The molecule has 0 aliphatic carbocycles. The van der Waals surface area contributed by atoms with Gasteiger partial charge in [-0.3, -0.25) is 0 Å². The zero-order valence-electron chi connectivity index (χ0n) is 15.8. The molecule has 134 valence electrons. The van der Waals surface area contributed by atoms with Crippen molar-refractivity contribution in [2.75, 3.05) is 39.8 Å². The Bertz CT molecular complexity index is 670. The molecular formula is C22H30N2O. The average molecular weight is 338 g/mol. The van der Waals surface area contributed by atoms with Crippen LogP contribution in [0, 0.1) is 13.8 Å². The summed E-state index contributed by atoms with van der Waals surface area (Å²) in [6, 6.07) is 14.8. The minimum absolute atomic E-state index is 0.934. The summed E-state index contributed by atoms with van der Waals surface area (Å²) in [5.41, 5.74) is 3.78. The first-order valence-electron chi connectivity index (χ1n) is 9.35.